The number of methoxy groups -OCH3 is 1. The SMILES string of the molecule is COc1ccc(CN2C(=O)c3cc(Cl)cc(Cl)c3C23C=CN(C(=O)OC(C)(C)C)CC3)cc1. The summed E-state index contributed by atoms with van der Waals surface area (Å²) in [6, 6.07) is 10.9. The summed E-state index contributed by atoms with van der Waals surface area (Å²) in [6.07, 6.45) is 3.60. The van der Waals surface area contributed by atoms with Gasteiger partial charge in [0.25, 0.3) is 5.91 Å². The zero-order valence-electron chi connectivity index (χ0n) is 19.0. The van der Waals surface area contributed by atoms with Gasteiger partial charge in [-0.25, -0.2) is 4.79 Å². The lowest BCUT2D eigenvalue weighted by atomic mass is 9.84. The van der Waals surface area contributed by atoms with Crippen molar-refractivity contribution < 1.29 is 19.1 Å². The van der Waals surface area contributed by atoms with Crippen molar-refractivity contribution in [3.05, 3.63) is 75.4 Å². The summed E-state index contributed by atoms with van der Waals surface area (Å²) in [5, 5.41) is 0.835. The van der Waals surface area contributed by atoms with Crippen molar-refractivity contribution in [1.29, 1.82) is 0 Å². The maximum Gasteiger partial charge on any atom is 0.414 e. The summed E-state index contributed by atoms with van der Waals surface area (Å²) in [6.45, 7) is 6.21. The number of carbonyl (C=O) groups is 2. The Hall–Kier alpha value is -2.70. The molecule has 0 saturated heterocycles. The van der Waals surface area contributed by atoms with Gasteiger partial charge in [-0.15, -0.1) is 0 Å². The zero-order chi connectivity index (χ0) is 24.0. The lowest BCUT2D eigenvalue weighted by Crippen LogP contribution is -2.48. The van der Waals surface area contributed by atoms with Crippen LogP contribution in [0.25, 0.3) is 0 Å². The van der Waals surface area contributed by atoms with Gasteiger partial charge < -0.3 is 14.4 Å². The molecular weight excluding hydrogens is 463 g/mol. The van der Waals surface area contributed by atoms with Gasteiger partial charge in [0.05, 0.1) is 12.6 Å². The fourth-order valence-corrected chi connectivity index (χ4v) is 5.00. The maximum atomic E-state index is 13.5. The van der Waals surface area contributed by atoms with Crippen molar-refractivity contribution in [2.75, 3.05) is 13.7 Å². The van der Waals surface area contributed by atoms with Gasteiger partial charge >= 0.3 is 6.09 Å². The number of halogens is 2. The third-order valence-electron chi connectivity index (χ3n) is 5.84. The average molecular weight is 489 g/mol. The molecule has 0 saturated carbocycles. The van der Waals surface area contributed by atoms with Crippen LogP contribution in [0.15, 0.2) is 48.7 Å². The Morgan fingerprint density at radius 2 is 1.85 bits per heavy atom. The van der Waals surface area contributed by atoms with Crippen molar-refractivity contribution in [2.24, 2.45) is 0 Å². The van der Waals surface area contributed by atoms with Gasteiger partial charge in [-0.2, -0.15) is 0 Å². The highest BCUT2D eigenvalue weighted by atomic mass is 35.5. The Morgan fingerprint density at radius 3 is 2.42 bits per heavy atom. The number of hydrogen-bond acceptors (Lipinski definition) is 4. The van der Waals surface area contributed by atoms with Crippen LogP contribution in [0.5, 0.6) is 5.75 Å². The zero-order valence-corrected chi connectivity index (χ0v) is 20.5. The predicted octanol–water partition coefficient (Wildman–Crippen LogP) is 6.01. The molecule has 2 aromatic carbocycles. The number of fused-ring (bicyclic) bond motifs is 2. The molecule has 2 heterocycles. The molecule has 1 spiro atoms. The van der Waals surface area contributed by atoms with Crippen LogP contribution in [-0.4, -0.2) is 41.1 Å². The second-order valence-corrected chi connectivity index (χ2v) is 10.1. The highest BCUT2D eigenvalue weighted by molar-refractivity contribution is 6.36. The van der Waals surface area contributed by atoms with Crippen molar-refractivity contribution in [2.45, 2.75) is 44.9 Å². The molecule has 2 amide bonds. The van der Waals surface area contributed by atoms with E-state index in [1.54, 1.807) is 30.3 Å². The van der Waals surface area contributed by atoms with Gasteiger partial charge in [0.2, 0.25) is 0 Å². The smallest absolute Gasteiger partial charge is 0.414 e. The second kappa shape index (κ2) is 8.58. The van der Waals surface area contributed by atoms with Gasteiger partial charge in [0, 0.05) is 40.5 Å². The predicted molar refractivity (Wildman–Crippen MR) is 128 cm³/mol. The monoisotopic (exact) mass is 488 g/mol. The molecule has 2 aliphatic heterocycles. The Kier molecular flexibility index (Phi) is 6.10. The fraction of sp³-hybridized carbons (Fsp3) is 0.360. The van der Waals surface area contributed by atoms with Crippen LogP contribution in [0.2, 0.25) is 10.0 Å². The van der Waals surface area contributed by atoms with Crippen LogP contribution in [0.3, 0.4) is 0 Å². The van der Waals surface area contributed by atoms with Gasteiger partial charge in [0.1, 0.15) is 11.4 Å². The molecule has 174 valence electrons. The van der Waals surface area contributed by atoms with E-state index in [0.717, 1.165) is 11.3 Å². The second-order valence-electron chi connectivity index (χ2n) is 9.21. The summed E-state index contributed by atoms with van der Waals surface area (Å²) < 4.78 is 10.7. The number of hydrogen-bond donors (Lipinski definition) is 0. The van der Waals surface area contributed by atoms with E-state index in [0.29, 0.717) is 40.7 Å². The topological polar surface area (TPSA) is 59.1 Å². The number of amides is 2. The van der Waals surface area contributed by atoms with Crippen LogP contribution in [-0.2, 0) is 16.8 Å². The molecule has 2 aromatic rings. The van der Waals surface area contributed by atoms with Gasteiger partial charge in [-0.3, -0.25) is 9.69 Å². The molecule has 0 aromatic heterocycles. The van der Waals surface area contributed by atoms with Crippen molar-refractivity contribution in [1.82, 2.24) is 9.80 Å². The standard InChI is InChI=1S/C25H26Cl2N2O4/c1-24(2,3)33-23(31)28-11-9-25(10-12-28)21-19(13-17(26)14-20(21)27)22(30)29(25)15-16-5-7-18(32-4)8-6-16/h5-9,11,13-14H,10,12,15H2,1-4H3. The number of ether oxygens (including phenoxy) is 2. The fourth-order valence-electron chi connectivity index (χ4n) is 4.34. The molecule has 33 heavy (non-hydrogen) atoms. The lowest BCUT2D eigenvalue weighted by molar-refractivity contribution is 0.0269. The largest absolute Gasteiger partial charge is 0.497 e. The van der Waals surface area contributed by atoms with Crippen molar-refractivity contribution in [3.63, 3.8) is 0 Å². The first-order chi connectivity index (χ1) is 15.5. The third kappa shape index (κ3) is 4.42. The van der Waals surface area contributed by atoms with E-state index in [-0.39, 0.29) is 5.91 Å². The molecule has 0 radical (unpaired) electrons. The van der Waals surface area contributed by atoms with Crippen LogP contribution in [0.1, 0.15) is 48.7 Å². The van der Waals surface area contributed by atoms with E-state index < -0.39 is 17.2 Å². The highest BCUT2D eigenvalue weighted by Crippen LogP contribution is 2.49. The van der Waals surface area contributed by atoms with Crippen LogP contribution in [0, 0.1) is 0 Å². The first-order valence-electron chi connectivity index (χ1n) is 10.7. The normalized spacial score (nSPS) is 19.8. The molecular formula is C25H26Cl2N2O4. The minimum Gasteiger partial charge on any atom is -0.497 e. The van der Waals surface area contributed by atoms with E-state index >= 15 is 0 Å². The lowest BCUT2D eigenvalue weighted by Gasteiger charge is -2.41. The molecule has 4 rings (SSSR count). The minimum absolute atomic E-state index is 0.152. The molecule has 0 aliphatic carbocycles. The Bertz CT molecular complexity index is 1120. The first-order valence-corrected chi connectivity index (χ1v) is 11.4. The third-order valence-corrected chi connectivity index (χ3v) is 6.35. The van der Waals surface area contributed by atoms with Gasteiger partial charge in [-0.1, -0.05) is 35.3 Å². The van der Waals surface area contributed by atoms with E-state index in [4.69, 9.17) is 32.7 Å². The van der Waals surface area contributed by atoms with E-state index in [1.807, 2.05) is 51.1 Å². The van der Waals surface area contributed by atoms with Crippen molar-refractivity contribution >= 4 is 35.2 Å². The van der Waals surface area contributed by atoms with Crippen LogP contribution in [0.4, 0.5) is 4.79 Å². The molecule has 1 unspecified atom stereocenters. The molecule has 6 nitrogen and oxygen atoms in total. The minimum atomic E-state index is -0.799. The number of nitrogens with zero attached hydrogens (tertiary/aromatic N) is 2. The quantitative estimate of drug-likeness (QED) is 0.530. The summed E-state index contributed by atoms with van der Waals surface area (Å²) in [7, 11) is 1.61. The first kappa shape index (κ1) is 23.5. The molecule has 0 bridgehead atoms. The Balaban J connectivity index is 1.73. The van der Waals surface area contributed by atoms with Crippen LogP contribution < -0.4 is 4.74 Å². The number of rotatable bonds is 3. The van der Waals surface area contributed by atoms with Gasteiger partial charge in [-0.05, 0) is 63.1 Å². The highest BCUT2D eigenvalue weighted by Gasteiger charge is 2.51. The Labute approximate surface area is 203 Å². The van der Waals surface area contributed by atoms with Crippen LogP contribution >= 0.6 is 23.2 Å². The summed E-state index contributed by atoms with van der Waals surface area (Å²) in [5.41, 5.74) is 0.744. The van der Waals surface area contributed by atoms with E-state index in [9.17, 15) is 9.59 Å². The molecule has 0 N–H and O–H groups in total. The summed E-state index contributed by atoms with van der Waals surface area (Å²) in [5.74, 6) is 0.588. The van der Waals surface area contributed by atoms with Crippen molar-refractivity contribution in [3.8, 4) is 5.75 Å². The molecule has 1 atom stereocenters. The molecule has 2 aliphatic rings. The average Bonchev–Trinajstić information content (AvgIpc) is 2.96. The number of benzene rings is 2. The number of carbonyl (C=O) groups excluding carboxylic acids is 2. The van der Waals surface area contributed by atoms with Gasteiger partial charge in [0.15, 0.2) is 0 Å². The summed E-state index contributed by atoms with van der Waals surface area (Å²) >= 11 is 12.9. The molecule has 8 heteroatoms. The van der Waals surface area contributed by atoms with E-state index in [2.05, 4.69) is 0 Å². The summed E-state index contributed by atoms with van der Waals surface area (Å²) in [4.78, 5) is 29.5. The Morgan fingerprint density at radius 1 is 1.15 bits per heavy atom. The molecule has 0 fully saturated rings. The maximum absolute atomic E-state index is 13.5. The van der Waals surface area contributed by atoms with E-state index in [1.165, 1.54) is 4.90 Å².